The van der Waals surface area contributed by atoms with Crippen LogP contribution in [0.15, 0.2) is 71.8 Å². The van der Waals surface area contributed by atoms with E-state index >= 15 is 0 Å². The second-order valence-electron chi connectivity index (χ2n) is 11.5. The van der Waals surface area contributed by atoms with E-state index in [0.717, 1.165) is 39.3 Å². The van der Waals surface area contributed by atoms with E-state index in [1.807, 2.05) is 68.8 Å². The van der Waals surface area contributed by atoms with Crippen molar-refractivity contribution in [3.05, 3.63) is 89.2 Å². The van der Waals surface area contributed by atoms with Crippen molar-refractivity contribution in [1.29, 1.82) is 0 Å². The van der Waals surface area contributed by atoms with E-state index in [2.05, 4.69) is 6.07 Å². The highest BCUT2D eigenvalue weighted by molar-refractivity contribution is 7.89. The van der Waals surface area contributed by atoms with Gasteiger partial charge in [0.15, 0.2) is 0 Å². The molecule has 0 saturated heterocycles. The fourth-order valence-electron chi connectivity index (χ4n) is 4.49. The van der Waals surface area contributed by atoms with Crippen LogP contribution in [0.2, 0.25) is 0 Å². The van der Waals surface area contributed by atoms with Gasteiger partial charge in [-0.05, 0) is 69.5 Å². The number of hydrogen-bond acceptors (Lipinski definition) is 3. The molecule has 0 fully saturated rings. The third kappa shape index (κ3) is 7.97. The van der Waals surface area contributed by atoms with E-state index in [4.69, 9.17) is 0 Å². The summed E-state index contributed by atoms with van der Waals surface area (Å²) in [6.45, 7) is 11.5. The van der Waals surface area contributed by atoms with Crippen LogP contribution in [-0.2, 0) is 34.1 Å². The first-order valence-corrected chi connectivity index (χ1v) is 14.6. The van der Waals surface area contributed by atoms with E-state index in [1.54, 1.807) is 18.7 Å². The quantitative estimate of drug-likeness (QED) is 0.283. The summed E-state index contributed by atoms with van der Waals surface area (Å²) in [6, 6.07) is 15.6. The van der Waals surface area contributed by atoms with Crippen LogP contribution in [0.1, 0.15) is 57.0 Å². The largest absolute Gasteiger partial charge is 0.416 e. The molecule has 3 rings (SSSR count). The Balaban J connectivity index is 1.90. The SMILES string of the molecule is Cc1cccc(Cn2cccc2CN(C(=O)CN(CC(C)C)S(=O)(=O)c2cccc(C(F)(F)F)c2)C(C)(C)C)c1. The second kappa shape index (κ2) is 12.2. The summed E-state index contributed by atoms with van der Waals surface area (Å²) in [4.78, 5) is 14.9. The van der Waals surface area contributed by atoms with Crippen molar-refractivity contribution < 1.29 is 26.4 Å². The molecule has 0 aliphatic rings. The lowest BCUT2D eigenvalue weighted by atomic mass is 10.1. The number of alkyl halides is 3. The van der Waals surface area contributed by atoms with Gasteiger partial charge in [-0.15, -0.1) is 0 Å². The lowest BCUT2D eigenvalue weighted by Crippen LogP contribution is -2.50. The molecule has 1 amide bonds. The number of hydrogen-bond donors (Lipinski definition) is 0. The molecule has 0 N–H and O–H groups in total. The number of sulfonamides is 1. The van der Waals surface area contributed by atoms with Gasteiger partial charge in [0.1, 0.15) is 0 Å². The van der Waals surface area contributed by atoms with Crippen LogP contribution in [0.3, 0.4) is 0 Å². The zero-order chi connectivity index (χ0) is 29.9. The van der Waals surface area contributed by atoms with E-state index in [0.29, 0.717) is 12.6 Å². The van der Waals surface area contributed by atoms with Crippen molar-refractivity contribution >= 4 is 15.9 Å². The highest BCUT2D eigenvalue weighted by Gasteiger charge is 2.35. The maximum atomic E-state index is 13.8. The number of benzene rings is 2. The van der Waals surface area contributed by atoms with Gasteiger partial charge in [-0.25, -0.2) is 8.42 Å². The molecule has 6 nitrogen and oxygen atoms in total. The zero-order valence-electron chi connectivity index (χ0n) is 23.9. The van der Waals surface area contributed by atoms with Gasteiger partial charge >= 0.3 is 6.18 Å². The molecule has 1 heterocycles. The highest BCUT2D eigenvalue weighted by Crippen LogP contribution is 2.31. The van der Waals surface area contributed by atoms with Gasteiger partial charge in [0.2, 0.25) is 15.9 Å². The smallest absolute Gasteiger partial charge is 0.345 e. The molecule has 10 heteroatoms. The number of carbonyl (C=O) groups is 1. The van der Waals surface area contributed by atoms with Crippen LogP contribution in [0, 0.1) is 12.8 Å². The maximum absolute atomic E-state index is 13.8. The topological polar surface area (TPSA) is 62.6 Å². The Morgan fingerprint density at radius 3 is 2.25 bits per heavy atom. The molecule has 0 radical (unpaired) electrons. The summed E-state index contributed by atoms with van der Waals surface area (Å²) in [7, 11) is -4.39. The molecule has 0 saturated carbocycles. The van der Waals surface area contributed by atoms with Crippen molar-refractivity contribution in [3.63, 3.8) is 0 Å². The van der Waals surface area contributed by atoms with Gasteiger partial charge in [-0.1, -0.05) is 49.7 Å². The second-order valence-corrected chi connectivity index (χ2v) is 13.4. The lowest BCUT2D eigenvalue weighted by molar-refractivity contribution is -0.138. The van der Waals surface area contributed by atoms with Crippen molar-refractivity contribution in [2.75, 3.05) is 13.1 Å². The molecule has 2 aromatic carbocycles. The number of rotatable bonds is 10. The number of aromatic nitrogens is 1. The van der Waals surface area contributed by atoms with Crippen LogP contribution < -0.4 is 0 Å². The Bertz CT molecular complexity index is 1420. The fourth-order valence-corrected chi connectivity index (χ4v) is 6.09. The Hall–Kier alpha value is -3.11. The van der Waals surface area contributed by atoms with E-state index in [9.17, 15) is 26.4 Å². The average Bonchev–Trinajstić information content (AvgIpc) is 3.27. The molecule has 0 bridgehead atoms. The van der Waals surface area contributed by atoms with E-state index in [1.165, 1.54) is 0 Å². The van der Waals surface area contributed by atoms with Gasteiger partial charge in [-0.3, -0.25) is 4.79 Å². The summed E-state index contributed by atoms with van der Waals surface area (Å²) < 4.78 is 70.1. The third-order valence-electron chi connectivity index (χ3n) is 6.47. The van der Waals surface area contributed by atoms with Gasteiger partial charge in [0.05, 0.1) is 23.5 Å². The van der Waals surface area contributed by atoms with Crippen molar-refractivity contribution in [3.8, 4) is 0 Å². The molecule has 1 aromatic heterocycles. The van der Waals surface area contributed by atoms with Crippen LogP contribution in [-0.4, -0.2) is 46.7 Å². The number of nitrogens with zero attached hydrogens (tertiary/aromatic N) is 3. The van der Waals surface area contributed by atoms with Crippen molar-refractivity contribution in [2.24, 2.45) is 5.92 Å². The number of carbonyl (C=O) groups excluding carboxylic acids is 1. The molecule has 0 atom stereocenters. The summed E-state index contributed by atoms with van der Waals surface area (Å²) in [5.41, 5.74) is 1.42. The Kier molecular flexibility index (Phi) is 9.57. The minimum atomic E-state index is -4.69. The molecule has 3 aromatic rings. The minimum absolute atomic E-state index is 0.0218. The first-order chi connectivity index (χ1) is 18.5. The lowest BCUT2D eigenvalue weighted by Gasteiger charge is -2.37. The molecular weight excluding hydrogens is 539 g/mol. The van der Waals surface area contributed by atoms with E-state index in [-0.39, 0.29) is 19.0 Å². The van der Waals surface area contributed by atoms with Crippen LogP contribution >= 0.6 is 0 Å². The Morgan fingerprint density at radius 2 is 1.65 bits per heavy atom. The third-order valence-corrected chi connectivity index (χ3v) is 8.28. The minimum Gasteiger partial charge on any atom is -0.345 e. The molecule has 218 valence electrons. The van der Waals surface area contributed by atoms with Crippen molar-refractivity contribution in [1.82, 2.24) is 13.8 Å². The summed E-state index contributed by atoms with van der Waals surface area (Å²) in [5.74, 6) is -0.602. The zero-order valence-corrected chi connectivity index (χ0v) is 24.7. The Labute approximate surface area is 235 Å². The monoisotopic (exact) mass is 577 g/mol. The molecule has 0 spiro atoms. The predicted octanol–water partition coefficient (Wildman–Crippen LogP) is 6.34. The normalized spacial score (nSPS) is 12.8. The van der Waals surface area contributed by atoms with Gasteiger partial charge < -0.3 is 9.47 Å². The number of halogens is 3. The van der Waals surface area contributed by atoms with Crippen LogP contribution in [0.25, 0.3) is 0 Å². The number of aryl methyl sites for hydroxylation is 1. The standard InChI is InChI=1S/C30H38F3N3O3S/c1-22(2)18-35(40(38,39)27-14-8-12-25(17-27)30(31,32)33)21-28(37)36(29(4,5)6)20-26-13-9-15-34(26)19-24-11-7-10-23(3)16-24/h7-17,22H,18-21H2,1-6H3. The highest BCUT2D eigenvalue weighted by atomic mass is 32.2. The van der Waals surface area contributed by atoms with Gasteiger partial charge in [0.25, 0.3) is 0 Å². The van der Waals surface area contributed by atoms with E-state index < -0.39 is 44.6 Å². The summed E-state index contributed by atoms with van der Waals surface area (Å²) in [6.07, 6.45) is -2.76. The summed E-state index contributed by atoms with van der Waals surface area (Å²) >= 11 is 0. The maximum Gasteiger partial charge on any atom is 0.416 e. The summed E-state index contributed by atoms with van der Waals surface area (Å²) in [5, 5.41) is 0. The van der Waals surface area contributed by atoms with Crippen LogP contribution in [0.4, 0.5) is 13.2 Å². The molecule has 40 heavy (non-hydrogen) atoms. The van der Waals surface area contributed by atoms with Crippen LogP contribution in [0.5, 0.6) is 0 Å². The van der Waals surface area contributed by atoms with Crippen molar-refractivity contribution in [2.45, 2.75) is 71.2 Å². The predicted molar refractivity (Wildman–Crippen MR) is 150 cm³/mol. The first-order valence-electron chi connectivity index (χ1n) is 13.2. The average molecular weight is 578 g/mol. The van der Waals surface area contributed by atoms with Gasteiger partial charge in [-0.2, -0.15) is 17.5 Å². The van der Waals surface area contributed by atoms with Gasteiger partial charge in [0, 0.05) is 30.5 Å². The molecule has 0 aliphatic carbocycles. The Morgan fingerprint density at radius 1 is 0.975 bits per heavy atom. The molecular formula is C30H38F3N3O3S. The number of amides is 1. The first kappa shape index (κ1) is 31.4. The molecule has 0 unspecified atom stereocenters. The fraction of sp³-hybridized carbons (Fsp3) is 0.433. The molecule has 0 aliphatic heterocycles.